The van der Waals surface area contributed by atoms with Crippen LogP contribution in [-0.2, 0) is 17.6 Å². The number of hydrogen-bond acceptors (Lipinski definition) is 3. The van der Waals surface area contributed by atoms with Gasteiger partial charge in [-0.3, -0.25) is 4.79 Å². The van der Waals surface area contributed by atoms with E-state index in [1.54, 1.807) is 24.3 Å². The van der Waals surface area contributed by atoms with E-state index in [4.69, 9.17) is 14.3 Å². The minimum atomic E-state index is -0.902. The van der Waals surface area contributed by atoms with Crippen LogP contribution in [-0.4, -0.2) is 17.7 Å². The van der Waals surface area contributed by atoms with Gasteiger partial charge in [-0.2, -0.15) is 0 Å². The van der Waals surface area contributed by atoms with Crippen LogP contribution in [0, 0.1) is 5.82 Å². The fourth-order valence-electron chi connectivity index (χ4n) is 3.58. The number of benzene rings is 2. The van der Waals surface area contributed by atoms with Crippen LogP contribution in [0.25, 0.3) is 11.0 Å². The zero-order chi connectivity index (χ0) is 18.3. The van der Waals surface area contributed by atoms with E-state index in [2.05, 4.69) is 15.9 Å². The molecule has 0 aliphatic heterocycles. The number of halogens is 2. The number of rotatable bonds is 5. The van der Waals surface area contributed by atoms with Crippen LogP contribution in [0.4, 0.5) is 4.39 Å². The maximum Gasteiger partial charge on any atom is 0.307 e. The number of carbonyl (C=O) groups is 1. The van der Waals surface area contributed by atoms with Gasteiger partial charge in [0.15, 0.2) is 0 Å². The minimum Gasteiger partial charge on any atom is -0.493 e. The lowest BCUT2D eigenvalue weighted by Crippen LogP contribution is -2.09. The standard InChI is InChI=1S/C20H16BrFO4/c21-16-5-6-17(22)20-11(1-3-15(16)20)9-25-13-2-4-14-12(7-19(23)24)10-26-18(14)8-13/h2,4-6,8,10-11H,1,3,7,9H2,(H,23,24)/t11-/m0/s1. The topological polar surface area (TPSA) is 59.7 Å². The van der Waals surface area contributed by atoms with Crippen LogP contribution in [0.15, 0.2) is 45.5 Å². The molecule has 0 saturated carbocycles. The highest BCUT2D eigenvalue weighted by atomic mass is 79.9. The van der Waals surface area contributed by atoms with Gasteiger partial charge in [0.25, 0.3) is 0 Å². The van der Waals surface area contributed by atoms with E-state index in [9.17, 15) is 9.18 Å². The molecule has 1 aliphatic rings. The second kappa shape index (κ2) is 6.76. The van der Waals surface area contributed by atoms with E-state index in [-0.39, 0.29) is 18.2 Å². The predicted octanol–water partition coefficient (Wildman–Crippen LogP) is 5.07. The van der Waals surface area contributed by atoms with Crippen LogP contribution >= 0.6 is 15.9 Å². The van der Waals surface area contributed by atoms with Crippen molar-refractivity contribution in [3.8, 4) is 5.75 Å². The second-order valence-corrected chi connectivity index (χ2v) is 7.31. The highest BCUT2D eigenvalue weighted by Crippen LogP contribution is 2.39. The molecule has 26 heavy (non-hydrogen) atoms. The summed E-state index contributed by atoms with van der Waals surface area (Å²) in [6, 6.07) is 8.56. The zero-order valence-corrected chi connectivity index (χ0v) is 15.4. The second-order valence-electron chi connectivity index (χ2n) is 6.46. The summed E-state index contributed by atoms with van der Waals surface area (Å²) < 4.78 is 26.5. The molecule has 4 rings (SSSR count). The van der Waals surface area contributed by atoms with Crippen molar-refractivity contribution in [1.29, 1.82) is 0 Å². The summed E-state index contributed by atoms with van der Waals surface area (Å²) in [5.41, 5.74) is 2.98. The van der Waals surface area contributed by atoms with Crippen LogP contribution in [0.1, 0.15) is 29.0 Å². The molecular formula is C20H16BrFO4. The Morgan fingerprint density at radius 2 is 2.19 bits per heavy atom. The molecule has 4 nitrogen and oxygen atoms in total. The third-order valence-electron chi connectivity index (χ3n) is 4.82. The lowest BCUT2D eigenvalue weighted by molar-refractivity contribution is -0.136. The lowest BCUT2D eigenvalue weighted by atomic mass is 10.0. The number of fused-ring (bicyclic) bond motifs is 2. The molecule has 0 fully saturated rings. The Morgan fingerprint density at radius 3 is 3.00 bits per heavy atom. The number of carboxylic acids is 1. The summed E-state index contributed by atoms with van der Waals surface area (Å²) in [5, 5.41) is 9.69. The summed E-state index contributed by atoms with van der Waals surface area (Å²) in [6.45, 7) is 0.384. The summed E-state index contributed by atoms with van der Waals surface area (Å²) in [5.74, 6) is -0.454. The summed E-state index contributed by atoms with van der Waals surface area (Å²) in [7, 11) is 0. The molecule has 1 N–H and O–H groups in total. The monoisotopic (exact) mass is 418 g/mol. The molecule has 0 amide bonds. The molecule has 0 bridgehead atoms. The molecule has 1 heterocycles. The first-order chi connectivity index (χ1) is 12.5. The average molecular weight is 419 g/mol. The molecule has 3 aromatic rings. The van der Waals surface area contributed by atoms with Crippen molar-refractivity contribution in [2.24, 2.45) is 0 Å². The third-order valence-corrected chi connectivity index (χ3v) is 5.56. The molecule has 1 atom stereocenters. The SMILES string of the molecule is O=C(O)Cc1coc2cc(OC[C@@H]3CCc4c(Br)ccc(F)c43)ccc12. The van der Waals surface area contributed by atoms with Crippen molar-refractivity contribution in [3.63, 3.8) is 0 Å². The van der Waals surface area contributed by atoms with Crippen molar-refractivity contribution in [2.75, 3.05) is 6.61 Å². The Kier molecular flexibility index (Phi) is 4.44. The van der Waals surface area contributed by atoms with Crippen LogP contribution in [0.2, 0.25) is 0 Å². The highest BCUT2D eigenvalue weighted by molar-refractivity contribution is 9.10. The van der Waals surface area contributed by atoms with E-state index in [0.717, 1.165) is 33.8 Å². The van der Waals surface area contributed by atoms with Crippen molar-refractivity contribution >= 4 is 32.9 Å². The van der Waals surface area contributed by atoms with E-state index in [1.165, 1.54) is 12.3 Å². The molecule has 1 aliphatic carbocycles. The van der Waals surface area contributed by atoms with E-state index < -0.39 is 5.97 Å². The van der Waals surface area contributed by atoms with Gasteiger partial charge >= 0.3 is 5.97 Å². The molecule has 0 unspecified atom stereocenters. The lowest BCUT2D eigenvalue weighted by Gasteiger charge is -2.14. The zero-order valence-electron chi connectivity index (χ0n) is 13.8. The number of furan rings is 1. The number of hydrogen-bond donors (Lipinski definition) is 1. The van der Waals surface area contributed by atoms with Crippen molar-refractivity contribution in [3.05, 3.63) is 63.6 Å². The first kappa shape index (κ1) is 17.1. The first-order valence-electron chi connectivity index (χ1n) is 8.34. The van der Waals surface area contributed by atoms with Gasteiger partial charge in [-0.15, -0.1) is 0 Å². The van der Waals surface area contributed by atoms with Gasteiger partial charge in [0, 0.05) is 27.4 Å². The predicted molar refractivity (Wildman–Crippen MR) is 98.2 cm³/mol. The van der Waals surface area contributed by atoms with Gasteiger partial charge in [-0.1, -0.05) is 15.9 Å². The van der Waals surface area contributed by atoms with Gasteiger partial charge in [0.1, 0.15) is 17.1 Å². The number of ether oxygens (including phenoxy) is 1. The molecule has 1 aromatic heterocycles. The Bertz CT molecular complexity index is 995. The number of aliphatic carboxylic acids is 1. The molecular weight excluding hydrogens is 403 g/mol. The normalized spacial score (nSPS) is 16.0. The smallest absolute Gasteiger partial charge is 0.307 e. The summed E-state index contributed by atoms with van der Waals surface area (Å²) in [4.78, 5) is 10.9. The molecule has 0 radical (unpaired) electrons. The van der Waals surface area contributed by atoms with Gasteiger partial charge < -0.3 is 14.3 Å². The van der Waals surface area contributed by atoms with Gasteiger partial charge in [0.2, 0.25) is 0 Å². The van der Waals surface area contributed by atoms with Crippen molar-refractivity contribution in [2.45, 2.75) is 25.2 Å². The number of carboxylic acid groups (broad SMARTS) is 1. The molecule has 6 heteroatoms. The fourth-order valence-corrected chi connectivity index (χ4v) is 4.13. The van der Waals surface area contributed by atoms with E-state index >= 15 is 0 Å². The third kappa shape index (κ3) is 3.09. The maximum atomic E-state index is 14.2. The Morgan fingerprint density at radius 1 is 1.35 bits per heavy atom. The Hall–Kier alpha value is -2.34. The van der Waals surface area contributed by atoms with Gasteiger partial charge in [-0.05, 0) is 48.2 Å². The largest absolute Gasteiger partial charge is 0.493 e. The van der Waals surface area contributed by atoms with E-state index in [1.807, 2.05) is 0 Å². The fraction of sp³-hybridized carbons (Fsp3) is 0.250. The quantitative estimate of drug-likeness (QED) is 0.628. The summed E-state index contributed by atoms with van der Waals surface area (Å²) >= 11 is 3.49. The highest BCUT2D eigenvalue weighted by Gasteiger charge is 2.28. The average Bonchev–Trinajstić information content (AvgIpc) is 3.21. The van der Waals surface area contributed by atoms with Crippen molar-refractivity contribution < 1.29 is 23.4 Å². The van der Waals surface area contributed by atoms with Crippen LogP contribution in [0.5, 0.6) is 5.75 Å². The first-order valence-corrected chi connectivity index (χ1v) is 9.13. The Labute approximate surface area is 157 Å². The van der Waals surface area contributed by atoms with Gasteiger partial charge in [0.05, 0.1) is 19.3 Å². The molecule has 134 valence electrons. The minimum absolute atomic E-state index is 0.0115. The maximum absolute atomic E-state index is 14.2. The molecule has 0 saturated heterocycles. The Balaban J connectivity index is 1.51. The van der Waals surface area contributed by atoms with Gasteiger partial charge in [-0.25, -0.2) is 4.39 Å². The van der Waals surface area contributed by atoms with Crippen LogP contribution < -0.4 is 4.74 Å². The molecule has 2 aromatic carbocycles. The summed E-state index contributed by atoms with van der Waals surface area (Å²) in [6.07, 6.45) is 3.06. The van der Waals surface area contributed by atoms with Crippen molar-refractivity contribution in [1.82, 2.24) is 0 Å². The van der Waals surface area contributed by atoms with Crippen LogP contribution in [0.3, 0.4) is 0 Å². The van der Waals surface area contributed by atoms with E-state index in [0.29, 0.717) is 23.5 Å². The molecule has 0 spiro atoms.